The molecule has 2 aromatic rings. The van der Waals surface area contributed by atoms with E-state index >= 15 is 0 Å². The number of rotatable bonds is 5. The quantitative estimate of drug-likeness (QED) is 0.874. The van der Waals surface area contributed by atoms with Crippen LogP contribution < -0.4 is 10.1 Å². The lowest BCUT2D eigenvalue weighted by atomic mass is 10.1. The largest absolute Gasteiger partial charge is 0.497 e. The molecule has 1 heterocycles. The van der Waals surface area contributed by atoms with Crippen molar-refractivity contribution in [3.8, 4) is 5.75 Å². The van der Waals surface area contributed by atoms with Gasteiger partial charge in [0.2, 0.25) is 0 Å². The van der Waals surface area contributed by atoms with Gasteiger partial charge in [-0.1, -0.05) is 19.1 Å². The summed E-state index contributed by atoms with van der Waals surface area (Å²) in [7, 11) is 1.67. The molecular formula is C14H17N3O. The van der Waals surface area contributed by atoms with Crippen molar-refractivity contribution < 1.29 is 4.74 Å². The SMILES string of the molecule is CCNC(c1cccc(OC)c1)c1ncccn1. The molecule has 2 rings (SSSR count). The zero-order chi connectivity index (χ0) is 12.8. The van der Waals surface area contributed by atoms with Crippen molar-refractivity contribution in [2.24, 2.45) is 0 Å². The Labute approximate surface area is 107 Å². The summed E-state index contributed by atoms with van der Waals surface area (Å²) in [4.78, 5) is 8.63. The van der Waals surface area contributed by atoms with Gasteiger partial charge in [0.15, 0.2) is 0 Å². The van der Waals surface area contributed by atoms with Gasteiger partial charge >= 0.3 is 0 Å². The monoisotopic (exact) mass is 243 g/mol. The van der Waals surface area contributed by atoms with E-state index < -0.39 is 0 Å². The number of methoxy groups -OCH3 is 1. The van der Waals surface area contributed by atoms with Gasteiger partial charge in [0.1, 0.15) is 11.6 Å². The number of benzene rings is 1. The highest BCUT2D eigenvalue weighted by Crippen LogP contribution is 2.22. The molecule has 0 amide bonds. The first-order chi connectivity index (χ1) is 8.85. The number of hydrogen-bond acceptors (Lipinski definition) is 4. The van der Waals surface area contributed by atoms with Gasteiger partial charge in [0.25, 0.3) is 0 Å². The van der Waals surface area contributed by atoms with Crippen molar-refractivity contribution in [2.75, 3.05) is 13.7 Å². The van der Waals surface area contributed by atoms with Crippen molar-refractivity contribution >= 4 is 0 Å². The predicted octanol–water partition coefficient (Wildman–Crippen LogP) is 2.18. The van der Waals surface area contributed by atoms with Crippen LogP contribution in [-0.4, -0.2) is 23.6 Å². The van der Waals surface area contributed by atoms with E-state index in [-0.39, 0.29) is 6.04 Å². The summed E-state index contributed by atoms with van der Waals surface area (Å²) in [5.41, 5.74) is 1.10. The molecule has 18 heavy (non-hydrogen) atoms. The molecule has 0 aliphatic heterocycles. The Morgan fingerprint density at radius 3 is 2.67 bits per heavy atom. The van der Waals surface area contributed by atoms with Crippen molar-refractivity contribution in [1.29, 1.82) is 0 Å². The molecule has 0 spiro atoms. The minimum Gasteiger partial charge on any atom is -0.497 e. The molecule has 0 aliphatic carbocycles. The summed E-state index contributed by atoms with van der Waals surface area (Å²) in [6, 6.07) is 9.76. The number of aromatic nitrogens is 2. The van der Waals surface area contributed by atoms with Gasteiger partial charge in [-0.2, -0.15) is 0 Å². The number of nitrogens with one attached hydrogen (secondary N) is 1. The molecular weight excluding hydrogens is 226 g/mol. The van der Waals surface area contributed by atoms with Gasteiger partial charge in [-0.15, -0.1) is 0 Å². The molecule has 4 nitrogen and oxygen atoms in total. The van der Waals surface area contributed by atoms with Crippen LogP contribution in [-0.2, 0) is 0 Å². The van der Waals surface area contributed by atoms with Crippen LogP contribution in [0.2, 0.25) is 0 Å². The minimum absolute atomic E-state index is 0.00806. The number of hydrogen-bond donors (Lipinski definition) is 1. The van der Waals surface area contributed by atoms with Crippen LogP contribution in [0.5, 0.6) is 5.75 Å². The molecule has 0 radical (unpaired) electrons. The number of ether oxygens (including phenoxy) is 1. The van der Waals surface area contributed by atoms with Crippen LogP contribution in [0.1, 0.15) is 24.4 Å². The van der Waals surface area contributed by atoms with Crippen LogP contribution in [0.4, 0.5) is 0 Å². The molecule has 0 bridgehead atoms. The summed E-state index contributed by atoms with van der Waals surface area (Å²) in [5.74, 6) is 1.61. The van der Waals surface area contributed by atoms with E-state index in [9.17, 15) is 0 Å². The van der Waals surface area contributed by atoms with Gasteiger partial charge in [0, 0.05) is 12.4 Å². The van der Waals surface area contributed by atoms with E-state index in [2.05, 4.69) is 22.2 Å². The highest BCUT2D eigenvalue weighted by atomic mass is 16.5. The minimum atomic E-state index is -0.00806. The Morgan fingerprint density at radius 1 is 1.22 bits per heavy atom. The van der Waals surface area contributed by atoms with E-state index in [4.69, 9.17) is 4.74 Å². The van der Waals surface area contributed by atoms with E-state index in [1.165, 1.54) is 0 Å². The molecule has 1 unspecified atom stereocenters. The van der Waals surface area contributed by atoms with Crippen LogP contribution in [0.25, 0.3) is 0 Å². The molecule has 94 valence electrons. The summed E-state index contributed by atoms with van der Waals surface area (Å²) in [6.45, 7) is 2.91. The predicted molar refractivity (Wildman–Crippen MR) is 70.5 cm³/mol. The second-order valence-corrected chi connectivity index (χ2v) is 3.87. The molecule has 0 fully saturated rings. The third-order valence-electron chi connectivity index (χ3n) is 2.68. The normalized spacial score (nSPS) is 12.1. The van der Waals surface area contributed by atoms with Gasteiger partial charge in [-0.25, -0.2) is 9.97 Å². The van der Waals surface area contributed by atoms with Gasteiger partial charge < -0.3 is 10.1 Å². The molecule has 1 N–H and O–H groups in total. The third-order valence-corrected chi connectivity index (χ3v) is 2.68. The maximum absolute atomic E-state index is 5.25. The Morgan fingerprint density at radius 2 is 2.00 bits per heavy atom. The molecule has 1 atom stereocenters. The zero-order valence-corrected chi connectivity index (χ0v) is 10.6. The Hall–Kier alpha value is -1.94. The second kappa shape index (κ2) is 6.12. The summed E-state index contributed by atoms with van der Waals surface area (Å²) in [5, 5.41) is 3.39. The van der Waals surface area contributed by atoms with Crippen molar-refractivity contribution in [3.63, 3.8) is 0 Å². The van der Waals surface area contributed by atoms with Crippen molar-refractivity contribution in [3.05, 3.63) is 54.1 Å². The van der Waals surface area contributed by atoms with Gasteiger partial charge in [-0.05, 0) is 30.3 Å². The van der Waals surface area contributed by atoms with E-state index in [1.54, 1.807) is 19.5 Å². The lowest BCUT2D eigenvalue weighted by Gasteiger charge is -2.17. The molecule has 1 aromatic heterocycles. The Balaban J connectivity index is 2.35. The third kappa shape index (κ3) is 2.84. The average Bonchev–Trinajstić information content (AvgIpc) is 2.46. The Bertz CT molecular complexity index is 487. The molecule has 4 heteroatoms. The first kappa shape index (κ1) is 12.5. The fraction of sp³-hybridized carbons (Fsp3) is 0.286. The van der Waals surface area contributed by atoms with E-state index in [0.717, 1.165) is 23.7 Å². The first-order valence-electron chi connectivity index (χ1n) is 5.99. The Kier molecular flexibility index (Phi) is 4.25. The maximum Gasteiger partial charge on any atom is 0.149 e. The van der Waals surface area contributed by atoms with Crippen LogP contribution in [0.3, 0.4) is 0 Å². The summed E-state index contributed by atoms with van der Waals surface area (Å²) >= 11 is 0. The highest BCUT2D eigenvalue weighted by Gasteiger charge is 2.15. The zero-order valence-electron chi connectivity index (χ0n) is 10.6. The van der Waals surface area contributed by atoms with Gasteiger partial charge in [0.05, 0.1) is 13.2 Å². The first-order valence-corrected chi connectivity index (χ1v) is 5.99. The van der Waals surface area contributed by atoms with Crippen molar-refractivity contribution in [2.45, 2.75) is 13.0 Å². The van der Waals surface area contributed by atoms with Crippen LogP contribution in [0, 0.1) is 0 Å². The summed E-state index contributed by atoms with van der Waals surface area (Å²) < 4.78 is 5.25. The standard InChI is InChI=1S/C14H17N3O/c1-3-15-13(14-16-8-5-9-17-14)11-6-4-7-12(10-11)18-2/h4-10,13,15H,3H2,1-2H3. The average molecular weight is 243 g/mol. The van der Waals surface area contributed by atoms with Crippen molar-refractivity contribution in [1.82, 2.24) is 15.3 Å². The molecule has 0 saturated carbocycles. The van der Waals surface area contributed by atoms with E-state index in [1.807, 2.05) is 30.3 Å². The lowest BCUT2D eigenvalue weighted by Crippen LogP contribution is -2.23. The molecule has 0 aliphatic rings. The maximum atomic E-state index is 5.25. The number of nitrogens with zero attached hydrogens (tertiary/aromatic N) is 2. The fourth-order valence-electron chi connectivity index (χ4n) is 1.84. The fourth-order valence-corrected chi connectivity index (χ4v) is 1.84. The summed E-state index contributed by atoms with van der Waals surface area (Å²) in [6.07, 6.45) is 3.51. The lowest BCUT2D eigenvalue weighted by molar-refractivity contribution is 0.413. The molecule has 1 aromatic carbocycles. The van der Waals surface area contributed by atoms with Gasteiger partial charge in [-0.3, -0.25) is 0 Å². The van der Waals surface area contributed by atoms with E-state index in [0.29, 0.717) is 0 Å². The molecule has 0 saturated heterocycles. The van der Waals surface area contributed by atoms with Crippen LogP contribution >= 0.6 is 0 Å². The topological polar surface area (TPSA) is 47.0 Å². The van der Waals surface area contributed by atoms with Crippen LogP contribution in [0.15, 0.2) is 42.7 Å². The smallest absolute Gasteiger partial charge is 0.149 e. The highest BCUT2D eigenvalue weighted by molar-refractivity contribution is 5.33. The second-order valence-electron chi connectivity index (χ2n) is 3.87.